The van der Waals surface area contributed by atoms with Crippen molar-refractivity contribution in [2.75, 3.05) is 0 Å². The number of aliphatic hydroxyl groups is 1. The van der Waals surface area contributed by atoms with Gasteiger partial charge in [0.2, 0.25) is 0 Å². The quantitative estimate of drug-likeness (QED) is 0.424. The third kappa shape index (κ3) is 3.58. The van der Waals surface area contributed by atoms with Crippen molar-refractivity contribution in [2.45, 2.75) is 112 Å². The highest BCUT2D eigenvalue weighted by molar-refractivity contribution is 5.70. The van der Waals surface area contributed by atoms with Gasteiger partial charge >= 0.3 is 5.97 Å². The fraction of sp³-hybridized carbons (Fsp3) is 0.833. The Kier molecular flexibility index (Phi) is 6.25. The first-order valence-electron chi connectivity index (χ1n) is 13.5. The summed E-state index contributed by atoms with van der Waals surface area (Å²) >= 11 is 0. The monoisotopic (exact) mass is 456 g/mol. The molecule has 0 radical (unpaired) electrons. The first-order chi connectivity index (χ1) is 15.3. The fourth-order valence-electron chi connectivity index (χ4n) is 9.43. The van der Waals surface area contributed by atoms with Gasteiger partial charge in [-0.15, -0.1) is 0 Å². The zero-order valence-electron chi connectivity index (χ0n) is 22.2. The Morgan fingerprint density at radius 3 is 2.42 bits per heavy atom. The predicted molar refractivity (Wildman–Crippen MR) is 135 cm³/mol. The SMILES string of the molecule is CC(C)=CCC[C@H](C(=O)O)[C@@H]1CC[C@]2(C)C3=CC[C@@H]4C(C)(C)[C@H](O)CC[C@]4(C)[C@H]3CC[C@@]12C. The van der Waals surface area contributed by atoms with Gasteiger partial charge in [0, 0.05) is 0 Å². The molecule has 2 N–H and O–H groups in total. The summed E-state index contributed by atoms with van der Waals surface area (Å²) in [6.07, 6.45) is 13.7. The van der Waals surface area contributed by atoms with Gasteiger partial charge in [-0.05, 0) is 111 Å². The van der Waals surface area contributed by atoms with Crippen LogP contribution in [0.4, 0.5) is 0 Å². The summed E-state index contributed by atoms with van der Waals surface area (Å²) in [6.45, 7) is 16.2. The molecule has 0 amide bonds. The molecule has 3 fully saturated rings. The number of rotatable bonds is 5. The van der Waals surface area contributed by atoms with E-state index in [0.29, 0.717) is 11.8 Å². The molecule has 3 heteroatoms. The van der Waals surface area contributed by atoms with Crippen LogP contribution in [0, 0.1) is 45.3 Å². The average Bonchev–Trinajstić information content (AvgIpc) is 3.00. The molecule has 0 aliphatic heterocycles. The second-order valence-corrected chi connectivity index (χ2v) is 13.6. The molecular formula is C30H48O3. The lowest BCUT2D eigenvalue weighted by atomic mass is 9.41. The van der Waals surface area contributed by atoms with Gasteiger partial charge in [-0.25, -0.2) is 0 Å². The fourth-order valence-corrected chi connectivity index (χ4v) is 9.43. The molecule has 0 heterocycles. The molecule has 3 nitrogen and oxygen atoms in total. The average molecular weight is 457 g/mol. The molecule has 8 atom stereocenters. The number of aliphatic hydroxyl groups excluding tert-OH is 1. The highest BCUT2D eigenvalue weighted by Gasteiger charge is 2.65. The Morgan fingerprint density at radius 1 is 1.09 bits per heavy atom. The highest BCUT2D eigenvalue weighted by atomic mass is 16.4. The molecule has 0 unspecified atom stereocenters. The molecule has 0 aromatic rings. The van der Waals surface area contributed by atoms with Gasteiger partial charge in [0.15, 0.2) is 0 Å². The second-order valence-electron chi connectivity index (χ2n) is 13.6. The van der Waals surface area contributed by atoms with Crippen LogP contribution in [0.5, 0.6) is 0 Å². The third-order valence-corrected chi connectivity index (χ3v) is 11.7. The maximum atomic E-state index is 12.4. The van der Waals surface area contributed by atoms with E-state index in [1.807, 2.05) is 0 Å². The van der Waals surface area contributed by atoms with Crippen molar-refractivity contribution in [2.24, 2.45) is 45.3 Å². The number of allylic oxidation sites excluding steroid dienone is 4. The lowest BCUT2D eigenvalue weighted by Crippen LogP contribution is -2.58. The summed E-state index contributed by atoms with van der Waals surface area (Å²) in [5.74, 6) is 0.502. The first-order valence-corrected chi connectivity index (χ1v) is 13.5. The lowest BCUT2D eigenvalue weighted by Gasteiger charge is -2.64. The van der Waals surface area contributed by atoms with Crippen LogP contribution in [0.15, 0.2) is 23.3 Å². The summed E-state index contributed by atoms with van der Waals surface area (Å²) in [4.78, 5) is 12.4. The van der Waals surface area contributed by atoms with Crippen molar-refractivity contribution in [1.29, 1.82) is 0 Å². The molecule has 0 bridgehead atoms. The van der Waals surface area contributed by atoms with Crippen LogP contribution in [0.3, 0.4) is 0 Å². The normalized spacial score (nSPS) is 44.7. The van der Waals surface area contributed by atoms with Crippen LogP contribution >= 0.6 is 0 Å². The molecule has 4 aliphatic rings. The van der Waals surface area contributed by atoms with Crippen molar-refractivity contribution in [3.05, 3.63) is 23.3 Å². The number of hydrogen-bond donors (Lipinski definition) is 2. The van der Waals surface area contributed by atoms with E-state index in [1.165, 1.54) is 12.0 Å². The molecule has 33 heavy (non-hydrogen) atoms. The number of hydrogen-bond acceptors (Lipinski definition) is 2. The molecule has 0 aromatic carbocycles. The van der Waals surface area contributed by atoms with Crippen molar-refractivity contribution in [1.82, 2.24) is 0 Å². The van der Waals surface area contributed by atoms with E-state index in [0.717, 1.165) is 51.4 Å². The van der Waals surface area contributed by atoms with E-state index < -0.39 is 5.97 Å². The predicted octanol–water partition coefficient (Wildman–Crippen LogP) is 7.40. The molecule has 186 valence electrons. The zero-order valence-corrected chi connectivity index (χ0v) is 22.2. The van der Waals surface area contributed by atoms with E-state index in [9.17, 15) is 15.0 Å². The van der Waals surface area contributed by atoms with Gasteiger partial charge in [-0.2, -0.15) is 0 Å². The first kappa shape index (κ1) is 25.0. The standard InChI is InChI=1S/C30H48O3/c1-19(2)9-8-10-20(26(32)33)21-13-17-30(7)23-11-12-24-27(3,4)25(31)15-16-28(24,5)22(23)14-18-29(21,30)6/h9,11,20-22,24-25,31H,8,10,12-18H2,1-7H3,(H,32,33)/t20-,21-,22-,24+,25+,28+,29-,30+/m0/s1. The topological polar surface area (TPSA) is 57.5 Å². The molecule has 4 aliphatic carbocycles. The van der Waals surface area contributed by atoms with Crippen LogP contribution in [0.1, 0.15) is 106 Å². The summed E-state index contributed by atoms with van der Waals surface area (Å²) in [6, 6.07) is 0. The second kappa shape index (κ2) is 8.25. The van der Waals surface area contributed by atoms with Crippen LogP contribution in [-0.4, -0.2) is 22.3 Å². The van der Waals surface area contributed by atoms with E-state index in [-0.39, 0.29) is 39.6 Å². The van der Waals surface area contributed by atoms with Crippen LogP contribution in [0.25, 0.3) is 0 Å². The molecule has 3 saturated carbocycles. The number of carbonyl (C=O) groups is 1. The van der Waals surface area contributed by atoms with Crippen molar-refractivity contribution in [3.8, 4) is 0 Å². The van der Waals surface area contributed by atoms with Crippen LogP contribution in [-0.2, 0) is 4.79 Å². The van der Waals surface area contributed by atoms with E-state index in [4.69, 9.17) is 0 Å². The summed E-state index contributed by atoms with van der Waals surface area (Å²) in [7, 11) is 0. The van der Waals surface area contributed by atoms with Crippen molar-refractivity contribution >= 4 is 5.97 Å². The van der Waals surface area contributed by atoms with Gasteiger partial charge in [-0.3, -0.25) is 4.79 Å². The highest BCUT2D eigenvalue weighted by Crippen LogP contribution is 2.73. The van der Waals surface area contributed by atoms with E-state index in [1.54, 1.807) is 5.57 Å². The Hall–Kier alpha value is -1.09. The Balaban J connectivity index is 1.67. The number of carboxylic acids is 1. The minimum atomic E-state index is -0.595. The van der Waals surface area contributed by atoms with E-state index in [2.05, 4.69) is 60.6 Å². The smallest absolute Gasteiger partial charge is 0.306 e. The van der Waals surface area contributed by atoms with Crippen molar-refractivity contribution in [3.63, 3.8) is 0 Å². The molecular weight excluding hydrogens is 408 g/mol. The molecule has 0 spiro atoms. The van der Waals surface area contributed by atoms with Gasteiger partial charge in [0.1, 0.15) is 0 Å². The number of carboxylic acid groups (broad SMARTS) is 1. The number of aliphatic carboxylic acids is 1. The maximum Gasteiger partial charge on any atom is 0.306 e. The van der Waals surface area contributed by atoms with Gasteiger partial charge in [-0.1, -0.05) is 57.9 Å². The van der Waals surface area contributed by atoms with Crippen LogP contribution in [0.2, 0.25) is 0 Å². The van der Waals surface area contributed by atoms with Crippen LogP contribution < -0.4 is 0 Å². The Morgan fingerprint density at radius 2 is 1.79 bits per heavy atom. The Bertz CT molecular complexity index is 849. The molecule has 4 rings (SSSR count). The lowest BCUT2D eigenvalue weighted by molar-refractivity contribution is -0.149. The minimum Gasteiger partial charge on any atom is -0.481 e. The van der Waals surface area contributed by atoms with E-state index >= 15 is 0 Å². The summed E-state index contributed by atoms with van der Waals surface area (Å²) < 4.78 is 0. The van der Waals surface area contributed by atoms with Gasteiger partial charge in [0.25, 0.3) is 0 Å². The largest absolute Gasteiger partial charge is 0.481 e. The maximum absolute atomic E-state index is 12.4. The van der Waals surface area contributed by atoms with Gasteiger partial charge in [0.05, 0.1) is 12.0 Å². The number of fused-ring (bicyclic) bond motifs is 5. The summed E-state index contributed by atoms with van der Waals surface area (Å²) in [5.41, 5.74) is 3.27. The minimum absolute atomic E-state index is 0.0474. The summed E-state index contributed by atoms with van der Waals surface area (Å²) in [5, 5.41) is 21.0. The van der Waals surface area contributed by atoms with Crippen molar-refractivity contribution < 1.29 is 15.0 Å². The molecule has 0 aromatic heterocycles. The zero-order chi connectivity index (χ0) is 24.4. The molecule has 0 saturated heterocycles. The Labute approximate surface area is 202 Å². The third-order valence-electron chi connectivity index (χ3n) is 11.7. The van der Waals surface area contributed by atoms with Gasteiger partial charge < -0.3 is 10.2 Å².